The van der Waals surface area contributed by atoms with E-state index in [4.69, 9.17) is 8.37 Å². The Morgan fingerprint density at radius 3 is 1.12 bits per heavy atom. The minimum Gasteiger partial charge on any atom is -0.262 e. The minimum absolute atomic E-state index is 0.111. The number of aryl methyl sites for hydroxylation is 2. The molecule has 4 aliphatic rings. The standard InChI is InChI=1S/C24H28O6S2/c1-15-3-7-21(8-4-15)31(25,26)29-23-17-11-19-13-18(23)14-20(12-17)24(19)30-32(27,28)22-9-5-16(2)6-10-22/h3-10,17-20,23-24H,11-14H2,1-2H3. The Kier molecular flexibility index (Phi) is 5.47. The van der Waals surface area contributed by atoms with E-state index in [0.717, 1.165) is 36.8 Å². The van der Waals surface area contributed by atoms with Gasteiger partial charge in [0.05, 0.1) is 22.0 Å². The Morgan fingerprint density at radius 1 is 0.562 bits per heavy atom. The zero-order chi connectivity index (χ0) is 22.7. The van der Waals surface area contributed by atoms with E-state index in [0.29, 0.717) is 0 Å². The molecule has 2 aromatic carbocycles. The van der Waals surface area contributed by atoms with Crippen molar-refractivity contribution in [3.05, 3.63) is 59.7 Å². The summed E-state index contributed by atoms with van der Waals surface area (Å²) < 4.78 is 62.9. The second-order valence-corrected chi connectivity index (χ2v) is 12.8. The molecule has 32 heavy (non-hydrogen) atoms. The Morgan fingerprint density at radius 2 is 0.844 bits per heavy atom. The molecule has 4 saturated carbocycles. The van der Waals surface area contributed by atoms with Gasteiger partial charge < -0.3 is 0 Å². The normalized spacial score (nSPS) is 31.7. The van der Waals surface area contributed by atoms with E-state index >= 15 is 0 Å². The van der Waals surface area contributed by atoms with Crippen LogP contribution in [0.1, 0.15) is 36.8 Å². The van der Waals surface area contributed by atoms with Crippen molar-refractivity contribution < 1.29 is 25.2 Å². The lowest BCUT2D eigenvalue weighted by Crippen LogP contribution is -2.56. The molecule has 4 aliphatic carbocycles. The van der Waals surface area contributed by atoms with Crippen LogP contribution in [0.4, 0.5) is 0 Å². The Hall–Kier alpha value is -1.74. The van der Waals surface area contributed by atoms with Crippen molar-refractivity contribution in [3.63, 3.8) is 0 Å². The quantitative estimate of drug-likeness (QED) is 0.580. The van der Waals surface area contributed by atoms with Gasteiger partial charge in [-0.15, -0.1) is 0 Å². The second kappa shape index (κ2) is 7.94. The van der Waals surface area contributed by atoms with Gasteiger partial charge in [-0.2, -0.15) is 16.8 Å². The number of benzene rings is 2. The molecule has 0 aromatic heterocycles. The van der Waals surface area contributed by atoms with Crippen molar-refractivity contribution in [2.75, 3.05) is 0 Å². The fraction of sp³-hybridized carbons (Fsp3) is 0.500. The zero-order valence-corrected chi connectivity index (χ0v) is 19.8. The van der Waals surface area contributed by atoms with Gasteiger partial charge in [0.15, 0.2) is 0 Å². The van der Waals surface area contributed by atoms with Gasteiger partial charge in [0.2, 0.25) is 0 Å². The molecular weight excluding hydrogens is 448 g/mol. The molecular formula is C24H28O6S2. The maximum absolute atomic E-state index is 12.8. The van der Waals surface area contributed by atoms with Crippen LogP contribution in [0.15, 0.2) is 58.3 Å². The Labute approximate surface area is 190 Å². The van der Waals surface area contributed by atoms with Crippen LogP contribution in [0, 0.1) is 37.5 Å². The van der Waals surface area contributed by atoms with Crippen molar-refractivity contribution in [1.29, 1.82) is 0 Å². The van der Waals surface area contributed by atoms with E-state index in [2.05, 4.69) is 0 Å². The monoisotopic (exact) mass is 476 g/mol. The van der Waals surface area contributed by atoms with Gasteiger partial charge in [-0.3, -0.25) is 8.37 Å². The van der Waals surface area contributed by atoms with Gasteiger partial charge in [0.1, 0.15) is 0 Å². The first-order valence-corrected chi connectivity index (χ1v) is 13.9. The Balaban J connectivity index is 1.29. The van der Waals surface area contributed by atoms with Gasteiger partial charge in [-0.25, -0.2) is 0 Å². The summed E-state index contributed by atoms with van der Waals surface area (Å²) in [5.74, 6) is 0.443. The van der Waals surface area contributed by atoms with E-state index in [9.17, 15) is 16.8 Å². The maximum Gasteiger partial charge on any atom is 0.297 e. The number of rotatable bonds is 6. The lowest BCUT2D eigenvalue weighted by molar-refractivity contribution is -0.130. The topological polar surface area (TPSA) is 86.7 Å². The molecule has 8 heteroatoms. The third-order valence-electron chi connectivity index (χ3n) is 7.38. The van der Waals surface area contributed by atoms with Crippen LogP contribution < -0.4 is 0 Å². The van der Waals surface area contributed by atoms with E-state index in [1.165, 1.54) is 0 Å². The van der Waals surface area contributed by atoms with Crippen LogP contribution in [-0.2, 0) is 28.6 Å². The largest absolute Gasteiger partial charge is 0.297 e. The lowest BCUT2D eigenvalue weighted by atomic mass is 9.54. The average Bonchev–Trinajstić information content (AvgIpc) is 2.72. The summed E-state index contributed by atoms with van der Waals surface area (Å²) in [4.78, 5) is 0.365. The third kappa shape index (κ3) is 4.02. The van der Waals surface area contributed by atoms with Crippen LogP contribution in [-0.4, -0.2) is 29.0 Å². The molecule has 0 amide bonds. The van der Waals surface area contributed by atoms with Crippen LogP contribution in [0.2, 0.25) is 0 Å². The summed E-state index contributed by atoms with van der Waals surface area (Å²) in [5.41, 5.74) is 1.98. The van der Waals surface area contributed by atoms with Crippen LogP contribution >= 0.6 is 0 Å². The van der Waals surface area contributed by atoms with E-state index < -0.39 is 20.2 Å². The summed E-state index contributed by atoms with van der Waals surface area (Å²) >= 11 is 0. The highest BCUT2D eigenvalue weighted by molar-refractivity contribution is 7.87. The molecule has 0 N–H and O–H groups in total. The predicted molar refractivity (Wildman–Crippen MR) is 119 cm³/mol. The summed E-state index contributed by atoms with van der Waals surface area (Å²) in [7, 11) is -7.66. The first-order chi connectivity index (χ1) is 15.1. The molecule has 0 unspecified atom stereocenters. The molecule has 6 nitrogen and oxygen atoms in total. The number of hydrogen-bond donors (Lipinski definition) is 0. The molecule has 0 aliphatic heterocycles. The van der Waals surface area contributed by atoms with Crippen LogP contribution in [0.3, 0.4) is 0 Å². The molecule has 2 aromatic rings. The summed E-state index contributed by atoms with van der Waals surface area (Å²) in [6, 6.07) is 13.4. The molecule has 172 valence electrons. The van der Waals surface area contributed by atoms with E-state index in [1.54, 1.807) is 48.5 Å². The van der Waals surface area contributed by atoms with Crippen molar-refractivity contribution >= 4 is 20.2 Å². The Bertz CT molecular complexity index is 1080. The highest BCUT2D eigenvalue weighted by Gasteiger charge is 2.56. The van der Waals surface area contributed by atoms with Crippen LogP contribution in [0.25, 0.3) is 0 Å². The second-order valence-electron chi connectivity index (χ2n) is 9.64. The molecule has 0 saturated heterocycles. The molecule has 0 radical (unpaired) electrons. The van der Waals surface area contributed by atoms with Crippen molar-refractivity contribution in [2.24, 2.45) is 23.7 Å². The summed E-state index contributed by atoms with van der Waals surface area (Å²) in [6.45, 7) is 3.82. The van der Waals surface area contributed by atoms with Gasteiger partial charge in [0.25, 0.3) is 20.2 Å². The molecule has 6 rings (SSSR count). The highest BCUT2D eigenvalue weighted by Crippen LogP contribution is 2.56. The fourth-order valence-electron chi connectivity index (χ4n) is 5.91. The van der Waals surface area contributed by atoms with Gasteiger partial charge in [-0.05, 0) is 87.5 Å². The molecule has 0 heterocycles. The average molecular weight is 477 g/mol. The summed E-state index contributed by atoms with van der Waals surface area (Å²) in [5, 5.41) is 0. The predicted octanol–water partition coefficient (Wildman–Crippen LogP) is 4.22. The third-order valence-corrected chi connectivity index (χ3v) is 10.0. The zero-order valence-electron chi connectivity index (χ0n) is 18.2. The first kappa shape index (κ1) is 22.1. The SMILES string of the molecule is Cc1ccc(S(=O)(=O)OC2C3CC4CC2CC(C3)C4OS(=O)(=O)c2ccc(C)cc2)cc1. The van der Waals surface area contributed by atoms with Gasteiger partial charge in [-0.1, -0.05) is 35.4 Å². The molecule has 0 spiro atoms. The molecule has 4 fully saturated rings. The van der Waals surface area contributed by atoms with Crippen molar-refractivity contribution in [3.8, 4) is 0 Å². The smallest absolute Gasteiger partial charge is 0.262 e. The first-order valence-electron chi connectivity index (χ1n) is 11.1. The van der Waals surface area contributed by atoms with Crippen molar-refractivity contribution in [2.45, 2.75) is 61.5 Å². The highest BCUT2D eigenvalue weighted by atomic mass is 32.2. The molecule has 0 atom stereocenters. The number of hydrogen-bond acceptors (Lipinski definition) is 6. The maximum atomic E-state index is 12.8. The van der Waals surface area contributed by atoms with Crippen LogP contribution in [0.5, 0.6) is 0 Å². The van der Waals surface area contributed by atoms with E-state index in [1.807, 2.05) is 13.8 Å². The molecule has 4 bridgehead atoms. The van der Waals surface area contributed by atoms with Crippen molar-refractivity contribution in [1.82, 2.24) is 0 Å². The van der Waals surface area contributed by atoms with E-state index in [-0.39, 0.29) is 45.7 Å². The van der Waals surface area contributed by atoms with Gasteiger partial charge in [0, 0.05) is 0 Å². The van der Waals surface area contributed by atoms with Gasteiger partial charge >= 0.3 is 0 Å². The summed E-state index contributed by atoms with van der Waals surface area (Å²) in [6.07, 6.45) is 2.24. The fourth-order valence-corrected chi connectivity index (χ4v) is 8.29. The lowest BCUT2D eigenvalue weighted by Gasteiger charge is -2.56. The minimum atomic E-state index is -3.83.